The van der Waals surface area contributed by atoms with Crippen molar-refractivity contribution in [1.29, 1.82) is 0 Å². The molecule has 1 aromatic carbocycles. The lowest BCUT2D eigenvalue weighted by molar-refractivity contribution is 0.171. The number of alkyl halides is 1. The van der Waals surface area contributed by atoms with Gasteiger partial charge in [-0.3, -0.25) is 0 Å². The maximum atomic E-state index is 5.80. The predicted molar refractivity (Wildman–Crippen MR) is 75.1 cm³/mol. The van der Waals surface area contributed by atoms with Gasteiger partial charge in [-0.05, 0) is 30.5 Å². The van der Waals surface area contributed by atoms with Crippen molar-refractivity contribution in [2.45, 2.75) is 20.3 Å². The number of ether oxygens (including phenoxy) is 2. The highest BCUT2D eigenvalue weighted by Crippen LogP contribution is 2.25. The zero-order chi connectivity index (χ0) is 12.7. The smallest absolute Gasteiger partial charge is 0.125 e. The van der Waals surface area contributed by atoms with Crippen molar-refractivity contribution in [2.24, 2.45) is 0 Å². The van der Waals surface area contributed by atoms with Gasteiger partial charge in [0.15, 0.2) is 0 Å². The van der Waals surface area contributed by atoms with Crippen molar-refractivity contribution in [3.05, 3.63) is 35.2 Å². The Balaban J connectivity index is 2.65. The SMILES string of the molecule is COCCCOc1c(C)cc([CH]CBr)cc1C. The van der Waals surface area contributed by atoms with Crippen LogP contribution in [0.3, 0.4) is 0 Å². The van der Waals surface area contributed by atoms with Crippen molar-refractivity contribution >= 4 is 15.9 Å². The predicted octanol–water partition coefficient (Wildman–Crippen LogP) is 3.67. The highest BCUT2D eigenvalue weighted by Gasteiger charge is 2.06. The number of rotatable bonds is 7. The molecule has 0 saturated heterocycles. The molecule has 1 rings (SSSR count). The van der Waals surface area contributed by atoms with Crippen LogP contribution < -0.4 is 4.74 Å². The highest BCUT2D eigenvalue weighted by molar-refractivity contribution is 9.09. The molecular formula is C14H20BrO2. The Morgan fingerprint density at radius 2 is 1.82 bits per heavy atom. The second-order valence-electron chi connectivity index (χ2n) is 4.04. The normalized spacial score (nSPS) is 10.6. The average Bonchev–Trinajstić information content (AvgIpc) is 2.27. The van der Waals surface area contributed by atoms with E-state index in [0.29, 0.717) is 6.61 Å². The molecule has 0 atom stereocenters. The summed E-state index contributed by atoms with van der Waals surface area (Å²) in [5.74, 6) is 1.01. The van der Waals surface area contributed by atoms with Crippen LogP contribution >= 0.6 is 15.9 Å². The third kappa shape index (κ3) is 4.68. The second kappa shape index (κ2) is 7.72. The van der Waals surface area contributed by atoms with Crippen molar-refractivity contribution in [3.8, 4) is 5.75 Å². The minimum absolute atomic E-state index is 0.705. The van der Waals surface area contributed by atoms with Crippen molar-refractivity contribution in [2.75, 3.05) is 25.7 Å². The van der Waals surface area contributed by atoms with Crippen molar-refractivity contribution < 1.29 is 9.47 Å². The van der Waals surface area contributed by atoms with E-state index in [0.717, 1.165) is 24.1 Å². The Morgan fingerprint density at radius 1 is 1.18 bits per heavy atom. The molecule has 1 radical (unpaired) electrons. The van der Waals surface area contributed by atoms with Gasteiger partial charge < -0.3 is 9.47 Å². The molecule has 0 N–H and O–H groups in total. The first-order valence-corrected chi connectivity index (χ1v) is 6.93. The minimum Gasteiger partial charge on any atom is -0.493 e. The van der Waals surface area contributed by atoms with E-state index in [4.69, 9.17) is 9.47 Å². The second-order valence-corrected chi connectivity index (χ2v) is 4.68. The van der Waals surface area contributed by atoms with Crippen LogP contribution in [0.25, 0.3) is 0 Å². The van der Waals surface area contributed by atoms with Crippen molar-refractivity contribution in [3.63, 3.8) is 0 Å². The van der Waals surface area contributed by atoms with Gasteiger partial charge in [0.2, 0.25) is 0 Å². The molecular weight excluding hydrogens is 280 g/mol. The molecule has 3 heteroatoms. The van der Waals surface area contributed by atoms with E-state index in [-0.39, 0.29) is 0 Å². The largest absolute Gasteiger partial charge is 0.493 e. The van der Waals surface area contributed by atoms with E-state index in [1.165, 1.54) is 16.7 Å². The third-order valence-corrected chi connectivity index (χ3v) is 2.86. The quantitative estimate of drug-likeness (QED) is 0.565. The summed E-state index contributed by atoms with van der Waals surface area (Å²) < 4.78 is 10.8. The maximum absolute atomic E-state index is 5.80. The average molecular weight is 300 g/mol. The van der Waals surface area contributed by atoms with Crippen LogP contribution in [0.4, 0.5) is 0 Å². The van der Waals surface area contributed by atoms with E-state index >= 15 is 0 Å². The molecule has 17 heavy (non-hydrogen) atoms. The third-order valence-electron chi connectivity index (χ3n) is 2.53. The molecule has 0 bridgehead atoms. The van der Waals surface area contributed by atoms with E-state index in [1.807, 2.05) is 0 Å². The molecule has 0 aliphatic heterocycles. The number of methoxy groups -OCH3 is 1. The van der Waals surface area contributed by atoms with Gasteiger partial charge in [-0.1, -0.05) is 28.1 Å². The number of aryl methyl sites for hydroxylation is 2. The van der Waals surface area contributed by atoms with Gasteiger partial charge in [-0.15, -0.1) is 0 Å². The van der Waals surface area contributed by atoms with Gasteiger partial charge in [0.1, 0.15) is 5.75 Å². The molecule has 0 aliphatic carbocycles. The van der Waals surface area contributed by atoms with Crippen LogP contribution in [0.5, 0.6) is 5.75 Å². The van der Waals surface area contributed by atoms with Gasteiger partial charge in [-0.2, -0.15) is 0 Å². The molecule has 2 nitrogen and oxygen atoms in total. The molecule has 95 valence electrons. The number of benzene rings is 1. The zero-order valence-electron chi connectivity index (χ0n) is 10.8. The van der Waals surface area contributed by atoms with Crippen molar-refractivity contribution in [1.82, 2.24) is 0 Å². The fourth-order valence-electron chi connectivity index (χ4n) is 1.80. The lowest BCUT2D eigenvalue weighted by atomic mass is 10.0. The van der Waals surface area contributed by atoms with Crippen LogP contribution in [0.1, 0.15) is 23.1 Å². The van der Waals surface area contributed by atoms with Gasteiger partial charge >= 0.3 is 0 Å². The molecule has 0 aliphatic rings. The van der Waals surface area contributed by atoms with E-state index < -0.39 is 0 Å². The lowest BCUT2D eigenvalue weighted by Gasteiger charge is -2.13. The van der Waals surface area contributed by atoms with Crippen LogP contribution in [0, 0.1) is 20.3 Å². The number of hydrogen-bond donors (Lipinski definition) is 0. The summed E-state index contributed by atoms with van der Waals surface area (Å²) >= 11 is 3.41. The van der Waals surface area contributed by atoms with Crippen LogP contribution in [0.2, 0.25) is 0 Å². The van der Waals surface area contributed by atoms with Gasteiger partial charge in [0, 0.05) is 31.9 Å². The summed E-state index contributed by atoms with van der Waals surface area (Å²) in [6, 6.07) is 4.31. The summed E-state index contributed by atoms with van der Waals surface area (Å²) in [5.41, 5.74) is 3.62. The number of halogens is 1. The zero-order valence-corrected chi connectivity index (χ0v) is 12.3. The van der Waals surface area contributed by atoms with Gasteiger partial charge in [-0.25, -0.2) is 0 Å². The van der Waals surface area contributed by atoms with Crippen LogP contribution in [-0.2, 0) is 4.74 Å². The van der Waals surface area contributed by atoms with E-state index in [9.17, 15) is 0 Å². The molecule has 1 aromatic rings. The summed E-state index contributed by atoms with van der Waals surface area (Å²) in [6.45, 7) is 5.62. The molecule has 0 aromatic heterocycles. The Hall–Kier alpha value is -0.540. The summed E-state index contributed by atoms with van der Waals surface area (Å²) in [4.78, 5) is 0. The molecule has 0 heterocycles. The summed E-state index contributed by atoms with van der Waals surface area (Å²) in [6.07, 6.45) is 3.07. The molecule has 0 fully saturated rings. The Labute approximate surface area is 112 Å². The Morgan fingerprint density at radius 3 is 2.35 bits per heavy atom. The van der Waals surface area contributed by atoms with Gasteiger partial charge in [0.05, 0.1) is 6.61 Å². The molecule has 0 saturated carbocycles. The standard InChI is InChI=1S/C14H20BrO2/c1-11-9-13(5-6-15)10-12(2)14(11)17-8-4-7-16-3/h5,9-10H,4,6-8H2,1-3H3. The maximum Gasteiger partial charge on any atom is 0.125 e. The first-order chi connectivity index (χ1) is 8.19. The van der Waals surface area contributed by atoms with Gasteiger partial charge in [0.25, 0.3) is 0 Å². The monoisotopic (exact) mass is 299 g/mol. The number of hydrogen-bond acceptors (Lipinski definition) is 2. The molecule has 0 unspecified atom stereocenters. The highest BCUT2D eigenvalue weighted by atomic mass is 79.9. The van der Waals surface area contributed by atoms with E-state index in [1.54, 1.807) is 7.11 Å². The van der Waals surface area contributed by atoms with E-state index in [2.05, 4.69) is 48.3 Å². The summed E-state index contributed by atoms with van der Waals surface area (Å²) in [7, 11) is 1.71. The topological polar surface area (TPSA) is 18.5 Å². The minimum atomic E-state index is 0.705. The first kappa shape index (κ1) is 14.5. The Kier molecular flexibility index (Phi) is 6.60. The summed E-state index contributed by atoms with van der Waals surface area (Å²) in [5, 5.41) is 0.875. The first-order valence-electron chi connectivity index (χ1n) is 5.81. The Bertz CT molecular complexity index is 327. The fraction of sp³-hybridized carbons (Fsp3) is 0.500. The van der Waals surface area contributed by atoms with Crippen LogP contribution in [-0.4, -0.2) is 25.7 Å². The lowest BCUT2D eigenvalue weighted by Crippen LogP contribution is -2.04. The molecule has 0 amide bonds. The van der Waals surface area contributed by atoms with Crippen LogP contribution in [0.15, 0.2) is 12.1 Å². The molecule has 0 spiro atoms. The fourth-order valence-corrected chi connectivity index (χ4v) is 2.17.